The van der Waals surface area contributed by atoms with Gasteiger partial charge in [-0.05, 0) is 11.6 Å². The molecule has 1 aromatic heterocycles. The number of methoxy groups -OCH3 is 1. The van der Waals surface area contributed by atoms with Crippen molar-refractivity contribution in [2.75, 3.05) is 26.7 Å². The van der Waals surface area contributed by atoms with Gasteiger partial charge in [-0.25, -0.2) is 0 Å². The summed E-state index contributed by atoms with van der Waals surface area (Å²) >= 11 is 6.30. The number of ether oxygens (including phenoxy) is 1. The second-order valence-corrected chi connectivity index (χ2v) is 5.76. The number of rotatable bonds is 4. The molecule has 1 N–H and O–H groups in total. The van der Waals surface area contributed by atoms with Crippen LogP contribution in [0.2, 0.25) is 5.02 Å². The quantitative estimate of drug-likeness (QED) is 0.894. The lowest BCUT2D eigenvalue weighted by Gasteiger charge is -2.36. The fraction of sp³-hybridized carbons (Fsp3) is 0.375. The van der Waals surface area contributed by atoms with E-state index in [-0.39, 0.29) is 36.7 Å². The zero-order chi connectivity index (χ0) is 16.2. The summed E-state index contributed by atoms with van der Waals surface area (Å²) in [4.78, 5) is 14.6. The number of nitrogens with one attached hydrogen (secondary N) is 1. The van der Waals surface area contributed by atoms with Crippen molar-refractivity contribution in [2.45, 2.75) is 12.6 Å². The molecule has 0 spiro atoms. The molecule has 1 atom stereocenters. The van der Waals surface area contributed by atoms with E-state index in [1.807, 2.05) is 24.3 Å². The third kappa shape index (κ3) is 3.89. The van der Waals surface area contributed by atoms with Crippen molar-refractivity contribution < 1.29 is 14.1 Å². The van der Waals surface area contributed by atoms with Gasteiger partial charge in [-0.3, -0.25) is 4.79 Å². The molecule has 2 aromatic rings. The molecule has 24 heavy (non-hydrogen) atoms. The lowest BCUT2D eigenvalue weighted by atomic mass is 10.0. The highest BCUT2D eigenvalue weighted by atomic mass is 35.5. The molecular weight excluding hydrogens is 353 g/mol. The van der Waals surface area contributed by atoms with E-state index in [0.717, 1.165) is 12.1 Å². The molecule has 1 fully saturated rings. The minimum atomic E-state index is -0.164. The third-order valence-electron chi connectivity index (χ3n) is 3.83. The van der Waals surface area contributed by atoms with Gasteiger partial charge in [-0.2, -0.15) is 0 Å². The van der Waals surface area contributed by atoms with E-state index in [2.05, 4.69) is 10.5 Å². The maximum atomic E-state index is 12.8. The van der Waals surface area contributed by atoms with Crippen LogP contribution in [0.3, 0.4) is 0 Å². The van der Waals surface area contributed by atoms with Gasteiger partial charge in [0.2, 0.25) is 0 Å². The van der Waals surface area contributed by atoms with E-state index < -0.39 is 0 Å². The number of hydrogen-bond donors (Lipinski definition) is 1. The highest BCUT2D eigenvalue weighted by molar-refractivity contribution is 6.31. The Hall–Kier alpha value is -1.60. The fourth-order valence-corrected chi connectivity index (χ4v) is 3.00. The molecule has 3 rings (SSSR count). The minimum absolute atomic E-state index is 0. The van der Waals surface area contributed by atoms with Crippen molar-refractivity contribution >= 4 is 29.9 Å². The van der Waals surface area contributed by atoms with Crippen molar-refractivity contribution in [2.24, 2.45) is 0 Å². The largest absolute Gasteiger partial charge is 0.377 e. The van der Waals surface area contributed by atoms with Crippen LogP contribution in [-0.2, 0) is 11.3 Å². The summed E-state index contributed by atoms with van der Waals surface area (Å²) in [7, 11) is 1.56. The summed E-state index contributed by atoms with van der Waals surface area (Å²) in [5.41, 5.74) is 1.21. The Kier molecular flexibility index (Phi) is 6.62. The highest BCUT2D eigenvalue weighted by Crippen LogP contribution is 2.29. The molecule has 130 valence electrons. The first-order valence-corrected chi connectivity index (χ1v) is 7.79. The van der Waals surface area contributed by atoms with Crippen LogP contribution in [0.15, 0.2) is 34.9 Å². The van der Waals surface area contributed by atoms with E-state index in [1.165, 1.54) is 0 Å². The molecule has 1 aromatic carbocycles. The van der Waals surface area contributed by atoms with Crippen LogP contribution < -0.4 is 5.32 Å². The molecular formula is C16H19Cl2N3O3. The highest BCUT2D eigenvalue weighted by Gasteiger charge is 2.31. The smallest absolute Gasteiger partial charge is 0.276 e. The Morgan fingerprint density at radius 3 is 3.04 bits per heavy atom. The topological polar surface area (TPSA) is 67.6 Å². The predicted octanol–water partition coefficient (Wildman–Crippen LogP) is 2.68. The molecule has 0 aliphatic carbocycles. The van der Waals surface area contributed by atoms with Crippen LogP contribution in [0.25, 0.3) is 0 Å². The van der Waals surface area contributed by atoms with Gasteiger partial charge in [0, 0.05) is 37.8 Å². The molecule has 0 bridgehead atoms. The first-order valence-electron chi connectivity index (χ1n) is 7.41. The van der Waals surface area contributed by atoms with Crippen LogP contribution in [0, 0.1) is 0 Å². The number of aromatic nitrogens is 1. The second kappa shape index (κ2) is 8.48. The lowest BCUT2D eigenvalue weighted by Crippen LogP contribution is -2.48. The van der Waals surface area contributed by atoms with Gasteiger partial charge >= 0.3 is 0 Å². The van der Waals surface area contributed by atoms with Crippen LogP contribution >= 0.6 is 24.0 Å². The van der Waals surface area contributed by atoms with Crippen LogP contribution in [0.1, 0.15) is 27.9 Å². The molecule has 1 amide bonds. The molecule has 8 heteroatoms. The summed E-state index contributed by atoms with van der Waals surface area (Å²) in [5, 5.41) is 7.82. The van der Waals surface area contributed by atoms with Crippen molar-refractivity contribution in [1.82, 2.24) is 15.4 Å². The van der Waals surface area contributed by atoms with Crippen LogP contribution in [0.4, 0.5) is 0 Å². The molecule has 0 saturated carbocycles. The van der Waals surface area contributed by atoms with E-state index >= 15 is 0 Å². The molecule has 1 saturated heterocycles. The SMILES string of the molecule is COCc1cc(C(=O)N2CCNCC2c2ccccc2Cl)no1.Cl. The molecule has 0 radical (unpaired) electrons. The monoisotopic (exact) mass is 371 g/mol. The maximum Gasteiger partial charge on any atom is 0.276 e. The third-order valence-corrected chi connectivity index (χ3v) is 4.18. The van der Waals surface area contributed by atoms with E-state index in [9.17, 15) is 4.79 Å². The van der Waals surface area contributed by atoms with Gasteiger partial charge in [-0.15, -0.1) is 12.4 Å². The number of benzene rings is 1. The van der Waals surface area contributed by atoms with Crippen molar-refractivity contribution in [3.05, 3.63) is 52.4 Å². The Morgan fingerprint density at radius 2 is 2.29 bits per heavy atom. The van der Waals surface area contributed by atoms with Gasteiger partial charge in [-0.1, -0.05) is 35.0 Å². The minimum Gasteiger partial charge on any atom is -0.377 e. The van der Waals surface area contributed by atoms with Gasteiger partial charge in [0.15, 0.2) is 11.5 Å². The standard InChI is InChI=1S/C16H18ClN3O3.ClH/c1-22-10-11-8-14(19-23-11)16(21)20-7-6-18-9-15(20)12-4-2-3-5-13(12)17;/h2-5,8,15,18H,6-7,9-10H2,1H3;1H. The number of halogens is 2. The van der Waals surface area contributed by atoms with Crippen molar-refractivity contribution in [3.63, 3.8) is 0 Å². The summed E-state index contributed by atoms with van der Waals surface area (Å²) in [6.07, 6.45) is 0. The van der Waals surface area contributed by atoms with Gasteiger partial charge in [0.1, 0.15) is 6.61 Å². The fourth-order valence-electron chi connectivity index (χ4n) is 2.74. The zero-order valence-corrected chi connectivity index (χ0v) is 14.8. The summed E-state index contributed by atoms with van der Waals surface area (Å²) < 4.78 is 10.1. The van der Waals surface area contributed by atoms with Crippen molar-refractivity contribution in [1.29, 1.82) is 0 Å². The molecule has 1 aliphatic heterocycles. The van der Waals surface area contributed by atoms with E-state index in [1.54, 1.807) is 18.1 Å². The predicted molar refractivity (Wildman–Crippen MR) is 92.6 cm³/mol. The van der Waals surface area contributed by atoms with Crippen LogP contribution in [0.5, 0.6) is 0 Å². The summed E-state index contributed by atoms with van der Waals surface area (Å²) in [5.74, 6) is 0.364. The maximum absolute atomic E-state index is 12.8. The average Bonchev–Trinajstić information content (AvgIpc) is 3.04. The Morgan fingerprint density at radius 1 is 1.50 bits per heavy atom. The van der Waals surface area contributed by atoms with Gasteiger partial charge in [0.25, 0.3) is 5.91 Å². The number of carbonyl (C=O) groups excluding carboxylic acids is 1. The Bertz CT molecular complexity index is 693. The van der Waals surface area contributed by atoms with E-state index in [0.29, 0.717) is 23.9 Å². The number of hydrogen-bond acceptors (Lipinski definition) is 5. The molecule has 1 unspecified atom stereocenters. The number of nitrogens with zero attached hydrogens (tertiary/aromatic N) is 2. The van der Waals surface area contributed by atoms with Gasteiger partial charge in [0.05, 0.1) is 6.04 Å². The first kappa shape index (κ1) is 18.7. The normalized spacial score (nSPS) is 17.4. The summed E-state index contributed by atoms with van der Waals surface area (Å²) in [6, 6.07) is 9.07. The molecule has 1 aliphatic rings. The molecule has 6 nitrogen and oxygen atoms in total. The van der Waals surface area contributed by atoms with Crippen LogP contribution in [-0.4, -0.2) is 42.7 Å². The zero-order valence-electron chi connectivity index (χ0n) is 13.2. The first-order chi connectivity index (χ1) is 11.2. The lowest BCUT2D eigenvalue weighted by molar-refractivity contribution is 0.0623. The summed E-state index contributed by atoms with van der Waals surface area (Å²) in [6.45, 7) is 2.25. The number of piperazine rings is 1. The number of carbonyl (C=O) groups is 1. The van der Waals surface area contributed by atoms with Crippen molar-refractivity contribution in [3.8, 4) is 0 Å². The Balaban J connectivity index is 0.00000208. The number of amides is 1. The average molecular weight is 372 g/mol. The second-order valence-electron chi connectivity index (χ2n) is 5.35. The van der Waals surface area contributed by atoms with Gasteiger partial charge < -0.3 is 19.5 Å². The molecule has 2 heterocycles. The Labute approximate surface area is 151 Å². The van der Waals surface area contributed by atoms with E-state index in [4.69, 9.17) is 20.9 Å².